The van der Waals surface area contributed by atoms with Crippen molar-refractivity contribution < 1.29 is 54.4 Å². The number of hydrogen-bond acceptors (Lipinski definition) is 12. The van der Waals surface area contributed by atoms with Crippen LogP contribution in [-0.2, 0) is 19.0 Å². The van der Waals surface area contributed by atoms with Crippen molar-refractivity contribution in [1.82, 2.24) is 0 Å². The number of phenolic OH excluding ortho intramolecular Hbond substituents is 2. The monoisotopic (exact) mass is 498 g/mol. The largest absolute Gasteiger partial charge is 0.504 e. The molecule has 2 aromatic rings. The molecule has 12 nitrogen and oxygen atoms in total. The molecule has 1 aliphatic heterocycles. The number of aromatic hydroxyl groups is 3. The Hall–Kier alpha value is -3.16. The second kappa shape index (κ2) is 13.1. The van der Waals surface area contributed by atoms with Crippen molar-refractivity contribution in [2.75, 3.05) is 26.9 Å². The van der Waals surface area contributed by atoms with Gasteiger partial charge in [0.05, 0.1) is 44.5 Å². The lowest BCUT2D eigenvalue weighted by molar-refractivity contribution is -0.271. The second-order valence-electron chi connectivity index (χ2n) is 7.79. The van der Waals surface area contributed by atoms with Gasteiger partial charge < -0.3 is 49.6 Å². The maximum absolute atomic E-state index is 11.9. The topological polar surface area (TPSA) is 192 Å². The van der Waals surface area contributed by atoms with E-state index in [1.165, 1.54) is 19.2 Å². The van der Waals surface area contributed by atoms with Crippen LogP contribution in [0.2, 0.25) is 0 Å². The van der Waals surface area contributed by atoms with Crippen molar-refractivity contribution in [3.05, 3.63) is 34.0 Å². The lowest BCUT2D eigenvalue weighted by Gasteiger charge is -2.36. The highest BCUT2D eigenvalue weighted by molar-refractivity contribution is 5.96. The van der Waals surface area contributed by atoms with Crippen molar-refractivity contribution in [2.45, 2.75) is 44.4 Å². The molecule has 0 amide bonds. The van der Waals surface area contributed by atoms with Crippen LogP contribution in [0.1, 0.15) is 18.4 Å². The molecule has 0 saturated carbocycles. The quantitative estimate of drug-likeness (QED) is 0.163. The Bertz CT molecular complexity index is 1060. The van der Waals surface area contributed by atoms with E-state index in [0.717, 1.165) is 0 Å². The molecule has 6 N–H and O–H groups in total. The first-order valence-corrected chi connectivity index (χ1v) is 10.7. The minimum absolute atomic E-state index is 0.0489. The molecule has 4 atom stereocenters. The number of benzene rings is 1. The van der Waals surface area contributed by atoms with E-state index in [1.807, 2.05) is 0 Å². The van der Waals surface area contributed by atoms with Gasteiger partial charge in [0.25, 0.3) is 6.47 Å². The number of aryl methyl sites for hydroxylation is 1. The number of ether oxygens (including phenoxy) is 4. The third-order valence-electron chi connectivity index (χ3n) is 5.11. The molecule has 0 radical (unpaired) electrons. The van der Waals surface area contributed by atoms with E-state index < -0.39 is 47.3 Å². The molecular formula is C23H30O12. The van der Waals surface area contributed by atoms with Gasteiger partial charge in [-0.2, -0.15) is 0 Å². The van der Waals surface area contributed by atoms with Gasteiger partial charge in [-0.05, 0) is 30.0 Å². The van der Waals surface area contributed by atoms with Crippen LogP contribution < -0.4 is 10.2 Å². The van der Waals surface area contributed by atoms with E-state index >= 15 is 0 Å². The molecule has 3 rings (SSSR count). The molecule has 1 aliphatic rings. The number of hydrogen-bond donors (Lipinski definition) is 6. The van der Waals surface area contributed by atoms with Crippen LogP contribution in [0.4, 0.5) is 0 Å². The second-order valence-corrected chi connectivity index (χ2v) is 7.79. The summed E-state index contributed by atoms with van der Waals surface area (Å²) < 4.78 is 20.1. The zero-order valence-electron chi connectivity index (χ0n) is 19.3. The molecular weight excluding hydrogens is 468 g/mol. The summed E-state index contributed by atoms with van der Waals surface area (Å²) in [6.45, 7) is 1.87. The van der Waals surface area contributed by atoms with Gasteiger partial charge in [0.15, 0.2) is 23.5 Å². The highest BCUT2D eigenvalue weighted by Crippen LogP contribution is 2.44. The van der Waals surface area contributed by atoms with Gasteiger partial charge in [-0.3, -0.25) is 9.59 Å². The van der Waals surface area contributed by atoms with Gasteiger partial charge in [0.2, 0.25) is 11.2 Å². The Morgan fingerprint density at radius 1 is 1.09 bits per heavy atom. The Morgan fingerprint density at radius 3 is 2.40 bits per heavy atom. The fourth-order valence-corrected chi connectivity index (χ4v) is 3.42. The lowest BCUT2D eigenvalue weighted by Crippen LogP contribution is -2.50. The SMILES string of the molecule is COC=O.Cc1cc(=O)c(O)c2c(O)c(O)c(OCCCO[C@@H]3O[C@H](CO)CC(O)C3O)cc2c1. The van der Waals surface area contributed by atoms with Crippen LogP contribution in [0, 0.1) is 6.92 Å². The van der Waals surface area contributed by atoms with Crippen LogP contribution in [0.5, 0.6) is 23.0 Å². The van der Waals surface area contributed by atoms with Crippen molar-refractivity contribution in [2.24, 2.45) is 0 Å². The molecule has 2 unspecified atom stereocenters. The molecule has 1 saturated heterocycles. The van der Waals surface area contributed by atoms with Gasteiger partial charge in [-0.1, -0.05) is 6.07 Å². The number of methoxy groups -OCH3 is 1. The third-order valence-corrected chi connectivity index (χ3v) is 5.11. The summed E-state index contributed by atoms with van der Waals surface area (Å²) in [5, 5.41) is 59.6. The van der Waals surface area contributed by atoms with Crippen LogP contribution in [0.15, 0.2) is 23.0 Å². The summed E-state index contributed by atoms with van der Waals surface area (Å²) in [6, 6.07) is 4.17. The summed E-state index contributed by atoms with van der Waals surface area (Å²) in [5.41, 5.74) is -0.136. The first-order chi connectivity index (χ1) is 16.6. The predicted molar refractivity (Wildman–Crippen MR) is 121 cm³/mol. The Kier molecular flexibility index (Phi) is 10.5. The smallest absolute Gasteiger partial charge is 0.292 e. The fraction of sp³-hybridized carbons (Fsp3) is 0.478. The number of fused-ring (bicyclic) bond motifs is 1. The maximum atomic E-state index is 11.9. The first kappa shape index (κ1) is 28.1. The van der Waals surface area contributed by atoms with Crippen LogP contribution in [-0.4, -0.2) is 88.6 Å². The molecule has 1 fully saturated rings. The standard InChI is InChI=1S/C21H26O10.C2H4O2/c1-10-5-11-7-15(19(27)20(28)16(11)17(25)13(23)6-10)29-3-2-4-30-21-18(26)14(24)8-12(9-22)31-21;1-4-2-3/h5-7,12,14,18,21-22,24,26-28H,2-4,8-9H2,1H3,(H,23,25);2H,1H3/t12-,14?,18?,21+;/m0./s1. The van der Waals surface area contributed by atoms with E-state index in [0.29, 0.717) is 23.8 Å². The van der Waals surface area contributed by atoms with E-state index in [2.05, 4.69) is 4.74 Å². The number of rotatable bonds is 8. The minimum atomic E-state index is -1.24. The molecule has 194 valence electrons. The minimum Gasteiger partial charge on any atom is -0.504 e. The Labute approximate surface area is 200 Å². The number of aliphatic hydroxyl groups is 3. The summed E-state index contributed by atoms with van der Waals surface area (Å²) in [4.78, 5) is 20.9. The molecule has 12 heteroatoms. The van der Waals surface area contributed by atoms with Gasteiger partial charge in [-0.15, -0.1) is 0 Å². The third kappa shape index (κ3) is 7.16. The molecule has 1 heterocycles. The number of phenols is 2. The van der Waals surface area contributed by atoms with E-state index in [1.54, 1.807) is 13.0 Å². The normalized spacial score (nSPS) is 21.6. The van der Waals surface area contributed by atoms with Gasteiger partial charge in [-0.25, -0.2) is 0 Å². The Morgan fingerprint density at radius 2 is 1.77 bits per heavy atom. The zero-order chi connectivity index (χ0) is 26.1. The molecule has 35 heavy (non-hydrogen) atoms. The van der Waals surface area contributed by atoms with Gasteiger partial charge in [0, 0.05) is 12.8 Å². The van der Waals surface area contributed by atoms with Crippen molar-refractivity contribution in [3.8, 4) is 23.0 Å². The molecule has 0 aliphatic carbocycles. The maximum Gasteiger partial charge on any atom is 0.292 e. The summed E-state index contributed by atoms with van der Waals surface area (Å²) >= 11 is 0. The summed E-state index contributed by atoms with van der Waals surface area (Å²) in [5.74, 6) is -2.01. The number of carbonyl (C=O) groups excluding carboxylic acids is 1. The van der Waals surface area contributed by atoms with E-state index in [4.69, 9.17) is 24.1 Å². The molecule has 0 bridgehead atoms. The number of aliphatic hydroxyl groups excluding tert-OH is 3. The molecule has 2 aromatic carbocycles. The Balaban J connectivity index is 0.00000100. The molecule has 0 spiro atoms. The first-order valence-electron chi connectivity index (χ1n) is 10.7. The summed E-state index contributed by atoms with van der Waals surface area (Å²) in [7, 11) is 1.31. The molecule has 0 aromatic heterocycles. The van der Waals surface area contributed by atoms with E-state index in [9.17, 15) is 30.3 Å². The predicted octanol–water partition coefficient (Wildman–Crippen LogP) is 0.0290. The average Bonchev–Trinajstić information content (AvgIpc) is 2.94. The van der Waals surface area contributed by atoms with E-state index in [-0.39, 0.29) is 37.4 Å². The average molecular weight is 498 g/mol. The van der Waals surface area contributed by atoms with Crippen molar-refractivity contribution in [3.63, 3.8) is 0 Å². The lowest BCUT2D eigenvalue weighted by atomic mass is 10.0. The van der Waals surface area contributed by atoms with Gasteiger partial charge in [0.1, 0.15) is 6.10 Å². The highest BCUT2D eigenvalue weighted by Gasteiger charge is 2.37. The van der Waals surface area contributed by atoms with Crippen molar-refractivity contribution in [1.29, 1.82) is 0 Å². The fourth-order valence-electron chi connectivity index (χ4n) is 3.42. The van der Waals surface area contributed by atoms with Crippen LogP contribution >= 0.6 is 0 Å². The van der Waals surface area contributed by atoms with Crippen LogP contribution in [0.3, 0.4) is 0 Å². The van der Waals surface area contributed by atoms with Crippen molar-refractivity contribution >= 4 is 17.2 Å². The van der Waals surface area contributed by atoms with Gasteiger partial charge >= 0.3 is 0 Å². The van der Waals surface area contributed by atoms with Crippen LogP contribution in [0.25, 0.3) is 10.8 Å². The zero-order valence-corrected chi connectivity index (χ0v) is 19.3. The summed E-state index contributed by atoms with van der Waals surface area (Å²) in [6.07, 6.45) is -3.62. The number of carbonyl (C=O) groups is 1. The highest BCUT2D eigenvalue weighted by atomic mass is 16.7.